The van der Waals surface area contributed by atoms with Gasteiger partial charge in [-0.2, -0.15) is 0 Å². The molecular weight excluding hydrogens is 282 g/mol. The summed E-state index contributed by atoms with van der Waals surface area (Å²) in [5.74, 6) is 0. The van der Waals surface area contributed by atoms with E-state index in [1.54, 1.807) is 0 Å². The second kappa shape index (κ2) is 6.39. The molecule has 3 heteroatoms. The summed E-state index contributed by atoms with van der Waals surface area (Å²) in [5.41, 5.74) is 4.74. The summed E-state index contributed by atoms with van der Waals surface area (Å²) >= 11 is 0. The third-order valence-corrected chi connectivity index (χ3v) is 3.97. The molecule has 2 aromatic carbocycles. The number of hydrogen-bond acceptors (Lipinski definition) is 3. The van der Waals surface area contributed by atoms with Crippen molar-refractivity contribution in [1.29, 1.82) is 0 Å². The molecule has 0 aromatic heterocycles. The maximum Gasteiger partial charge on any atom is 0.0713 e. The van der Waals surface area contributed by atoms with Gasteiger partial charge in [-0.05, 0) is 43.9 Å². The minimum atomic E-state index is 0.891. The van der Waals surface area contributed by atoms with Gasteiger partial charge in [0.25, 0.3) is 0 Å². The van der Waals surface area contributed by atoms with E-state index in [1.807, 2.05) is 6.07 Å². The number of anilines is 1. The van der Waals surface area contributed by atoms with Gasteiger partial charge in [-0.25, -0.2) is 4.99 Å². The minimum absolute atomic E-state index is 0.891. The van der Waals surface area contributed by atoms with Crippen molar-refractivity contribution in [3.63, 3.8) is 0 Å². The molecule has 2 aromatic rings. The van der Waals surface area contributed by atoms with Gasteiger partial charge < -0.3 is 9.80 Å². The molecule has 1 aliphatic rings. The number of nitrogens with zero attached hydrogens (tertiary/aromatic N) is 3. The second-order valence-corrected chi connectivity index (χ2v) is 6.36. The molecule has 1 heterocycles. The van der Waals surface area contributed by atoms with E-state index in [0.29, 0.717) is 0 Å². The molecule has 0 atom stereocenters. The molecule has 0 saturated heterocycles. The van der Waals surface area contributed by atoms with Crippen LogP contribution in [0, 0.1) is 0 Å². The fraction of sp³-hybridized carbons (Fsp3) is 0.250. The quantitative estimate of drug-likeness (QED) is 0.862. The van der Waals surface area contributed by atoms with E-state index in [9.17, 15) is 0 Å². The van der Waals surface area contributed by atoms with Crippen LogP contribution in [0.2, 0.25) is 0 Å². The first-order valence-electron chi connectivity index (χ1n) is 7.86. The van der Waals surface area contributed by atoms with Crippen LogP contribution in [0.1, 0.15) is 5.56 Å². The maximum atomic E-state index is 4.83. The van der Waals surface area contributed by atoms with Crippen molar-refractivity contribution in [3.05, 3.63) is 70.4 Å². The Morgan fingerprint density at radius 3 is 2.26 bits per heavy atom. The standard InChI is InChI=1S/C20H23N3/c1-22(2)14-18-17-7-5-6-8-19(17)21-20(18)13-15-9-11-16(12-10-15)23(3)4/h5-13H,14H2,1-4H3. The maximum absolute atomic E-state index is 4.83. The van der Waals surface area contributed by atoms with Crippen LogP contribution >= 0.6 is 0 Å². The summed E-state index contributed by atoms with van der Waals surface area (Å²) < 4.78 is 0. The molecule has 118 valence electrons. The lowest BCUT2D eigenvalue weighted by Gasteiger charge is -2.13. The average molecular weight is 305 g/mol. The molecule has 0 unspecified atom stereocenters. The Labute approximate surface area is 137 Å². The number of para-hydroxylation sites is 1. The molecule has 3 rings (SSSR count). The summed E-state index contributed by atoms with van der Waals surface area (Å²) in [6, 6.07) is 16.9. The van der Waals surface area contributed by atoms with Crippen molar-refractivity contribution in [2.45, 2.75) is 0 Å². The van der Waals surface area contributed by atoms with Crippen LogP contribution in [0.3, 0.4) is 0 Å². The molecule has 0 N–H and O–H groups in total. The van der Waals surface area contributed by atoms with Gasteiger partial charge in [0.2, 0.25) is 0 Å². The third kappa shape index (κ3) is 3.35. The highest BCUT2D eigenvalue weighted by Crippen LogP contribution is 2.20. The predicted molar refractivity (Wildman–Crippen MR) is 97.9 cm³/mol. The number of benzene rings is 2. The molecule has 0 aliphatic carbocycles. The van der Waals surface area contributed by atoms with E-state index in [1.165, 1.54) is 22.0 Å². The van der Waals surface area contributed by atoms with Crippen molar-refractivity contribution in [3.8, 4) is 0 Å². The van der Waals surface area contributed by atoms with Gasteiger partial charge in [-0.3, -0.25) is 0 Å². The molecule has 0 saturated carbocycles. The number of rotatable bonds is 4. The molecule has 0 bridgehead atoms. The van der Waals surface area contributed by atoms with Crippen molar-refractivity contribution in [1.82, 2.24) is 4.90 Å². The lowest BCUT2D eigenvalue weighted by atomic mass is 10.1. The van der Waals surface area contributed by atoms with Crippen LogP contribution < -0.4 is 15.5 Å². The largest absolute Gasteiger partial charge is 0.378 e. The van der Waals surface area contributed by atoms with E-state index in [-0.39, 0.29) is 0 Å². The van der Waals surface area contributed by atoms with Gasteiger partial charge in [0.15, 0.2) is 0 Å². The zero-order chi connectivity index (χ0) is 16.4. The first-order valence-corrected chi connectivity index (χ1v) is 7.86. The first kappa shape index (κ1) is 15.5. The molecular formula is C20H23N3. The molecule has 0 spiro atoms. The zero-order valence-corrected chi connectivity index (χ0v) is 14.2. The van der Waals surface area contributed by atoms with Crippen LogP contribution in [0.4, 0.5) is 5.69 Å². The number of hydrogen-bond donors (Lipinski definition) is 0. The van der Waals surface area contributed by atoms with E-state index >= 15 is 0 Å². The smallest absolute Gasteiger partial charge is 0.0713 e. The van der Waals surface area contributed by atoms with Crippen LogP contribution in [-0.2, 0) is 0 Å². The highest BCUT2D eigenvalue weighted by Gasteiger charge is 2.13. The van der Waals surface area contributed by atoms with Crippen LogP contribution in [0.25, 0.3) is 11.6 Å². The van der Waals surface area contributed by atoms with Gasteiger partial charge in [-0.1, -0.05) is 30.3 Å². The van der Waals surface area contributed by atoms with Gasteiger partial charge in [0.05, 0.1) is 11.1 Å². The van der Waals surface area contributed by atoms with E-state index in [2.05, 4.69) is 86.5 Å². The molecule has 0 radical (unpaired) electrons. The highest BCUT2D eigenvalue weighted by atomic mass is 15.1. The summed E-state index contributed by atoms with van der Waals surface area (Å²) in [6.45, 7) is 0.891. The minimum Gasteiger partial charge on any atom is -0.378 e. The summed E-state index contributed by atoms with van der Waals surface area (Å²) in [4.78, 5) is 9.12. The second-order valence-electron chi connectivity index (χ2n) is 6.36. The molecule has 1 aliphatic heterocycles. The van der Waals surface area contributed by atoms with Gasteiger partial charge in [0.1, 0.15) is 0 Å². The zero-order valence-electron chi connectivity index (χ0n) is 14.2. The molecule has 3 nitrogen and oxygen atoms in total. The van der Waals surface area contributed by atoms with E-state index < -0.39 is 0 Å². The molecule has 0 fully saturated rings. The Bertz CT molecular complexity index is 843. The highest BCUT2D eigenvalue weighted by molar-refractivity contribution is 5.76. The fourth-order valence-electron chi connectivity index (χ4n) is 2.79. The Hall–Kier alpha value is -2.39. The Balaban J connectivity index is 2.03. The van der Waals surface area contributed by atoms with E-state index in [4.69, 9.17) is 4.99 Å². The van der Waals surface area contributed by atoms with Crippen molar-refractivity contribution in [2.24, 2.45) is 4.99 Å². The topological polar surface area (TPSA) is 18.8 Å². The summed E-state index contributed by atoms with van der Waals surface area (Å²) in [6.07, 6.45) is 2.18. The SMILES string of the molecule is CN(C)CC1=c2ccccc2=NC1=Cc1ccc(N(C)C)cc1. The monoisotopic (exact) mass is 305 g/mol. The van der Waals surface area contributed by atoms with Crippen LogP contribution in [-0.4, -0.2) is 39.6 Å². The Morgan fingerprint density at radius 2 is 1.61 bits per heavy atom. The third-order valence-electron chi connectivity index (χ3n) is 3.97. The lowest BCUT2D eigenvalue weighted by Crippen LogP contribution is -2.26. The van der Waals surface area contributed by atoms with Gasteiger partial charge in [0, 0.05) is 37.1 Å². The lowest BCUT2D eigenvalue weighted by molar-refractivity contribution is 0.462. The van der Waals surface area contributed by atoms with E-state index in [0.717, 1.165) is 17.6 Å². The summed E-state index contributed by atoms with van der Waals surface area (Å²) in [7, 11) is 8.30. The van der Waals surface area contributed by atoms with Gasteiger partial charge in [-0.15, -0.1) is 0 Å². The average Bonchev–Trinajstić information content (AvgIpc) is 2.85. The molecule has 23 heavy (non-hydrogen) atoms. The fourth-order valence-corrected chi connectivity index (χ4v) is 2.79. The van der Waals surface area contributed by atoms with Crippen molar-refractivity contribution in [2.75, 3.05) is 39.6 Å². The van der Waals surface area contributed by atoms with Gasteiger partial charge >= 0.3 is 0 Å². The Morgan fingerprint density at radius 1 is 0.913 bits per heavy atom. The molecule has 0 amide bonds. The van der Waals surface area contributed by atoms with Crippen molar-refractivity contribution >= 4 is 17.3 Å². The first-order chi connectivity index (χ1) is 11.0. The number of fused-ring (bicyclic) bond motifs is 1. The summed E-state index contributed by atoms with van der Waals surface area (Å²) in [5, 5.41) is 2.32. The van der Waals surface area contributed by atoms with Crippen LogP contribution in [0.15, 0.2) is 59.2 Å². The van der Waals surface area contributed by atoms with Crippen molar-refractivity contribution < 1.29 is 0 Å². The Kier molecular flexibility index (Phi) is 4.30. The normalized spacial score (nSPS) is 15.0. The predicted octanol–water partition coefficient (Wildman–Crippen LogP) is 2.14. The van der Waals surface area contributed by atoms with Crippen LogP contribution in [0.5, 0.6) is 0 Å².